The second-order valence-corrected chi connectivity index (χ2v) is 4.79. The van der Waals surface area contributed by atoms with Gasteiger partial charge in [-0.1, -0.05) is 19.8 Å². The number of nitrogens with zero attached hydrogens (tertiary/aromatic N) is 1. The normalized spacial score (nSPS) is 21.4. The highest BCUT2D eigenvalue weighted by Gasteiger charge is 2.29. The Balaban J connectivity index is 2.63. The molecule has 1 aliphatic heterocycles. The molecule has 0 spiro atoms. The molecule has 0 aromatic carbocycles. The number of carbonyl (C=O) groups is 2. The van der Waals surface area contributed by atoms with E-state index in [4.69, 9.17) is 5.73 Å². The van der Waals surface area contributed by atoms with Crippen LogP contribution in [0.1, 0.15) is 33.1 Å². The number of carbonyl (C=O) groups excluding carboxylic acids is 2. The van der Waals surface area contributed by atoms with Crippen LogP contribution in [0.15, 0.2) is 0 Å². The van der Waals surface area contributed by atoms with Gasteiger partial charge in [-0.2, -0.15) is 0 Å². The lowest BCUT2D eigenvalue weighted by molar-refractivity contribution is -0.136. The first kappa shape index (κ1) is 14.8. The highest BCUT2D eigenvalue weighted by molar-refractivity contribution is 5.86. The molecule has 0 radical (unpaired) electrons. The molecule has 0 bridgehead atoms. The van der Waals surface area contributed by atoms with Gasteiger partial charge >= 0.3 is 6.03 Å². The molecule has 4 N–H and O–H groups in total. The monoisotopic (exact) mass is 256 g/mol. The van der Waals surface area contributed by atoms with Gasteiger partial charge in [-0.25, -0.2) is 4.79 Å². The molecule has 18 heavy (non-hydrogen) atoms. The van der Waals surface area contributed by atoms with Gasteiger partial charge in [0, 0.05) is 25.7 Å². The maximum atomic E-state index is 12.4. The molecule has 6 heteroatoms. The van der Waals surface area contributed by atoms with E-state index < -0.39 is 12.1 Å². The molecule has 1 aliphatic rings. The Morgan fingerprint density at radius 2 is 2.28 bits per heavy atom. The summed E-state index contributed by atoms with van der Waals surface area (Å²) >= 11 is 0. The van der Waals surface area contributed by atoms with Crippen LogP contribution in [-0.4, -0.2) is 48.6 Å². The fourth-order valence-corrected chi connectivity index (χ4v) is 2.21. The van der Waals surface area contributed by atoms with E-state index >= 15 is 0 Å². The summed E-state index contributed by atoms with van der Waals surface area (Å²) in [6.07, 6.45) is 2.54. The third-order valence-corrected chi connectivity index (χ3v) is 3.25. The van der Waals surface area contributed by atoms with E-state index in [1.54, 1.807) is 0 Å². The number of piperazine rings is 1. The van der Waals surface area contributed by atoms with Crippen LogP contribution in [-0.2, 0) is 4.79 Å². The van der Waals surface area contributed by atoms with Gasteiger partial charge in [-0.05, 0) is 13.3 Å². The first-order chi connectivity index (χ1) is 8.56. The van der Waals surface area contributed by atoms with Crippen LogP contribution in [0.5, 0.6) is 0 Å². The Labute approximate surface area is 108 Å². The third kappa shape index (κ3) is 4.18. The van der Waals surface area contributed by atoms with E-state index in [0.29, 0.717) is 13.0 Å². The second kappa shape index (κ2) is 7.20. The summed E-state index contributed by atoms with van der Waals surface area (Å²) in [5.41, 5.74) is 5.13. The highest BCUT2D eigenvalue weighted by atomic mass is 16.2. The first-order valence-corrected chi connectivity index (χ1v) is 6.63. The van der Waals surface area contributed by atoms with Crippen LogP contribution < -0.4 is 16.4 Å². The van der Waals surface area contributed by atoms with Crippen LogP contribution in [0.3, 0.4) is 0 Å². The maximum Gasteiger partial charge on any atom is 0.312 e. The lowest BCUT2D eigenvalue weighted by atomic mass is 10.1. The Morgan fingerprint density at radius 1 is 1.56 bits per heavy atom. The molecule has 0 saturated carbocycles. The van der Waals surface area contributed by atoms with Crippen LogP contribution in [0.4, 0.5) is 4.79 Å². The topological polar surface area (TPSA) is 87.5 Å². The minimum atomic E-state index is -0.632. The van der Waals surface area contributed by atoms with Crippen LogP contribution in [0, 0.1) is 0 Å². The van der Waals surface area contributed by atoms with Crippen molar-refractivity contribution in [2.75, 3.05) is 19.6 Å². The number of primary amides is 1. The Hall–Kier alpha value is -1.30. The van der Waals surface area contributed by atoms with Gasteiger partial charge in [0.15, 0.2) is 0 Å². The zero-order valence-electron chi connectivity index (χ0n) is 11.2. The second-order valence-electron chi connectivity index (χ2n) is 4.79. The van der Waals surface area contributed by atoms with Gasteiger partial charge in [0.1, 0.15) is 6.04 Å². The van der Waals surface area contributed by atoms with Gasteiger partial charge in [0.2, 0.25) is 5.91 Å². The Bertz CT molecular complexity index is 296. The van der Waals surface area contributed by atoms with Crippen molar-refractivity contribution in [3.05, 3.63) is 0 Å². The summed E-state index contributed by atoms with van der Waals surface area (Å²) in [6.45, 7) is 6.34. The number of rotatable bonds is 5. The van der Waals surface area contributed by atoms with E-state index in [9.17, 15) is 9.59 Å². The van der Waals surface area contributed by atoms with Crippen LogP contribution >= 0.6 is 0 Å². The van der Waals surface area contributed by atoms with Crippen molar-refractivity contribution in [2.45, 2.75) is 45.2 Å². The lowest BCUT2D eigenvalue weighted by Crippen LogP contribution is -2.58. The van der Waals surface area contributed by atoms with Gasteiger partial charge in [0.25, 0.3) is 0 Å². The number of nitrogens with one attached hydrogen (secondary N) is 2. The summed E-state index contributed by atoms with van der Waals surface area (Å²) in [5, 5.41) is 5.80. The molecule has 0 aromatic heterocycles. The van der Waals surface area contributed by atoms with E-state index in [0.717, 1.165) is 25.9 Å². The zero-order valence-corrected chi connectivity index (χ0v) is 11.2. The Morgan fingerprint density at radius 3 is 2.83 bits per heavy atom. The Kier molecular flexibility index (Phi) is 5.91. The quantitative estimate of drug-likeness (QED) is 0.648. The summed E-state index contributed by atoms with van der Waals surface area (Å²) in [4.78, 5) is 25.2. The molecule has 1 rings (SSSR count). The van der Waals surface area contributed by atoms with Crippen LogP contribution in [0.25, 0.3) is 0 Å². The maximum absolute atomic E-state index is 12.4. The highest BCUT2D eigenvalue weighted by Crippen LogP contribution is 2.09. The van der Waals surface area contributed by atoms with E-state index in [1.807, 2.05) is 11.8 Å². The minimum Gasteiger partial charge on any atom is -0.352 e. The van der Waals surface area contributed by atoms with Gasteiger partial charge < -0.3 is 21.3 Å². The molecule has 104 valence electrons. The molecular formula is C12H24N4O2. The summed E-state index contributed by atoms with van der Waals surface area (Å²) in [6, 6.07) is -0.958. The number of hydrogen-bond acceptors (Lipinski definition) is 3. The summed E-state index contributed by atoms with van der Waals surface area (Å²) < 4.78 is 0. The molecule has 1 saturated heterocycles. The first-order valence-electron chi connectivity index (χ1n) is 6.63. The van der Waals surface area contributed by atoms with E-state index in [-0.39, 0.29) is 11.9 Å². The molecule has 2 unspecified atom stereocenters. The minimum absolute atomic E-state index is 0.0174. The molecule has 0 aliphatic carbocycles. The summed E-state index contributed by atoms with van der Waals surface area (Å²) in [7, 11) is 0. The average molecular weight is 256 g/mol. The van der Waals surface area contributed by atoms with E-state index in [2.05, 4.69) is 17.6 Å². The van der Waals surface area contributed by atoms with Crippen molar-refractivity contribution < 1.29 is 9.59 Å². The molecule has 3 amide bonds. The number of amides is 3. The number of hydrogen-bond donors (Lipinski definition) is 3. The van der Waals surface area contributed by atoms with Gasteiger partial charge in [-0.15, -0.1) is 0 Å². The standard InChI is InChI=1S/C12H24N4O2/c1-3-4-5-10(15-12(13)18)11(17)16-7-6-14-8-9(16)2/h9-10,14H,3-8H2,1-2H3,(H3,13,15,18). The molecule has 1 heterocycles. The predicted octanol–water partition coefficient (Wildman–Crippen LogP) is 0.0338. The molecule has 1 fully saturated rings. The van der Waals surface area contributed by atoms with Crippen molar-refractivity contribution in [3.63, 3.8) is 0 Å². The lowest BCUT2D eigenvalue weighted by Gasteiger charge is -2.36. The average Bonchev–Trinajstić information content (AvgIpc) is 2.34. The van der Waals surface area contributed by atoms with Gasteiger partial charge in [0.05, 0.1) is 0 Å². The number of urea groups is 1. The number of unbranched alkanes of at least 4 members (excludes halogenated alkanes) is 1. The third-order valence-electron chi connectivity index (χ3n) is 3.25. The largest absolute Gasteiger partial charge is 0.352 e. The van der Waals surface area contributed by atoms with Gasteiger partial charge in [-0.3, -0.25) is 4.79 Å². The predicted molar refractivity (Wildman–Crippen MR) is 70.1 cm³/mol. The molecular weight excluding hydrogens is 232 g/mol. The smallest absolute Gasteiger partial charge is 0.312 e. The number of nitrogens with two attached hydrogens (primary N) is 1. The SMILES string of the molecule is CCCCC(NC(N)=O)C(=O)N1CCNCC1C. The molecule has 6 nitrogen and oxygen atoms in total. The fraction of sp³-hybridized carbons (Fsp3) is 0.833. The van der Waals surface area contributed by atoms with Crippen molar-refractivity contribution in [3.8, 4) is 0 Å². The fourth-order valence-electron chi connectivity index (χ4n) is 2.21. The van der Waals surface area contributed by atoms with Crippen molar-refractivity contribution in [1.82, 2.24) is 15.5 Å². The van der Waals surface area contributed by atoms with E-state index in [1.165, 1.54) is 0 Å². The molecule has 2 atom stereocenters. The summed E-state index contributed by atoms with van der Waals surface area (Å²) in [5.74, 6) is -0.0174. The zero-order chi connectivity index (χ0) is 13.5. The van der Waals surface area contributed by atoms with Crippen LogP contribution in [0.2, 0.25) is 0 Å². The molecule has 0 aromatic rings. The van der Waals surface area contributed by atoms with Crippen molar-refractivity contribution in [1.29, 1.82) is 0 Å². The van der Waals surface area contributed by atoms with Crippen molar-refractivity contribution >= 4 is 11.9 Å². The van der Waals surface area contributed by atoms with Crippen molar-refractivity contribution in [2.24, 2.45) is 5.73 Å².